The van der Waals surface area contributed by atoms with Crippen LogP contribution in [-0.2, 0) is 21.0 Å². The number of para-hydroxylation sites is 1. The highest BCUT2D eigenvalue weighted by molar-refractivity contribution is 9.11. The SMILES string of the molecule is C.CC(C)(C)c1c(-c2csc(N3CCCCC3)n2)ccc(F)c1F.CC(C)(C)c1cccc2sc(N3CCOCC3)nc12.CC(C)(C)c1nc(Br)n(-c2csc(N3CCCCC3)n2)c1Br. The van der Waals surface area contributed by atoms with E-state index in [9.17, 15) is 8.78 Å². The molecule has 0 atom stereocenters. The van der Waals surface area contributed by atoms with Gasteiger partial charge < -0.3 is 19.4 Å². The second kappa shape index (κ2) is 21.5. The van der Waals surface area contributed by atoms with Crippen molar-refractivity contribution in [1.29, 1.82) is 0 Å². The Morgan fingerprint density at radius 3 is 1.78 bits per heavy atom. The Morgan fingerprint density at radius 1 is 0.631 bits per heavy atom. The minimum atomic E-state index is -0.801. The van der Waals surface area contributed by atoms with E-state index in [1.165, 1.54) is 60.4 Å². The highest BCUT2D eigenvalue weighted by Gasteiger charge is 2.29. The Kier molecular flexibility index (Phi) is 17.0. The molecule has 9 nitrogen and oxygen atoms in total. The van der Waals surface area contributed by atoms with Crippen LogP contribution in [0, 0.1) is 11.6 Å². The van der Waals surface area contributed by atoms with Crippen molar-refractivity contribution in [2.45, 2.75) is 125 Å². The minimum Gasteiger partial charge on any atom is -0.378 e. The van der Waals surface area contributed by atoms with Crippen molar-refractivity contribution in [2.75, 3.05) is 67.2 Å². The van der Waals surface area contributed by atoms with Gasteiger partial charge in [-0.25, -0.2) is 28.7 Å². The highest BCUT2D eigenvalue weighted by atomic mass is 79.9. The van der Waals surface area contributed by atoms with Crippen LogP contribution in [0.3, 0.4) is 0 Å². The normalized spacial score (nSPS) is 16.2. The van der Waals surface area contributed by atoms with Crippen molar-refractivity contribution in [2.24, 2.45) is 0 Å². The highest BCUT2D eigenvalue weighted by Crippen LogP contribution is 2.40. The summed E-state index contributed by atoms with van der Waals surface area (Å²) in [7, 11) is 0. The first-order valence-electron chi connectivity index (χ1n) is 22.4. The molecule has 3 fully saturated rings. The lowest BCUT2D eigenvalue weighted by atomic mass is 9.82. The number of benzene rings is 2. The van der Waals surface area contributed by atoms with Crippen LogP contribution < -0.4 is 14.7 Å². The van der Waals surface area contributed by atoms with Gasteiger partial charge in [0.15, 0.2) is 37.6 Å². The fourth-order valence-corrected chi connectivity index (χ4v) is 12.8. The van der Waals surface area contributed by atoms with E-state index in [2.05, 4.69) is 117 Å². The summed E-state index contributed by atoms with van der Waals surface area (Å²) in [5.74, 6) is -0.639. The largest absolute Gasteiger partial charge is 0.378 e. The number of thiazole rings is 3. The molecule has 354 valence electrons. The van der Waals surface area contributed by atoms with Crippen LogP contribution in [0.25, 0.3) is 27.3 Å². The number of morpholine rings is 1. The van der Waals surface area contributed by atoms with E-state index in [1.807, 2.05) is 30.7 Å². The van der Waals surface area contributed by atoms with Gasteiger partial charge in [-0.3, -0.25) is 4.57 Å². The molecule has 4 aromatic heterocycles. The number of ether oxygens (including phenoxy) is 1. The molecule has 16 heteroatoms. The Hall–Kier alpha value is -3.02. The zero-order valence-electron chi connectivity index (χ0n) is 38.7. The molecular formula is C49H66Br2F2N8OS3. The van der Waals surface area contributed by atoms with E-state index in [0.29, 0.717) is 11.1 Å². The zero-order valence-corrected chi connectivity index (χ0v) is 44.3. The van der Waals surface area contributed by atoms with Crippen LogP contribution in [0.15, 0.2) is 50.4 Å². The van der Waals surface area contributed by atoms with Gasteiger partial charge in [-0.05, 0) is 105 Å². The number of nitrogens with zero attached hydrogens (tertiary/aromatic N) is 8. The van der Waals surface area contributed by atoms with Gasteiger partial charge >= 0.3 is 0 Å². The number of hydrogen-bond donors (Lipinski definition) is 0. The molecule has 9 rings (SSSR count). The smallest absolute Gasteiger partial charge is 0.187 e. The average molecular weight is 1080 g/mol. The van der Waals surface area contributed by atoms with Crippen LogP contribution in [0.1, 0.15) is 125 Å². The number of rotatable bonds is 5. The molecule has 0 spiro atoms. The third kappa shape index (κ3) is 12.2. The van der Waals surface area contributed by atoms with E-state index in [4.69, 9.17) is 19.7 Å². The van der Waals surface area contributed by atoms with Crippen LogP contribution in [0.5, 0.6) is 0 Å². The molecule has 0 radical (unpaired) electrons. The zero-order chi connectivity index (χ0) is 46.0. The standard InChI is InChI=1S/C18H22F2N2S.C15H20Br2N4S.C15H20N2OS.CH4/c1-18(2,3)15-12(7-8-13(19)16(15)20)14-11-23-17(21-14)22-9-5-4-6-10-22;1-15(2,3)11-12(16)21(13(17)19-11)10-9-22-14(18-10)20-7-5-4-6-8-20;1-15(2,3)11-5-4-6-12-13(11)16-14(19-12)17-7-9-18-10-8-17;/h7-8,11H,4-6,9-10H2,1-3H3;9H,4-8H2,1-3H3;4-6H,7-10H2,1-3H3;1H4. The Balaban J connectivity index is 0.000000161. The minimum absolute atomic E-state index is 0. The quantitative estimate of drug-likeness (QED) is 0.169. The summed E-state index contributed by atoms with van der Waals surface area (Å²) < 4.78 is 38.6. The molecule has 6 aromatic rings. The van der Waals surface area contributed by atoms with Gasteiger partial charge in [-0.15, -0.1) is 22.7 Å². The second-order valence-electron chi connectivity index (χ2n) is 19.7. The molecule has 0 bridgehead atoms. The Morgan fingerprint density at radius 2 is 1.22 bits per heavy atom. The van der Waals surface area contributed by atoms with Crippen LogP contribution in [0.4, 0.5) is 24.2 Å². The van der Waals surface area contributed by atoms with Gasteiger partial charge in [-0.2, -0.15) is 0 Å². The molecule has 2 aromatic carbocycles. The number of imidazole rings is 1. The number of fused-ring (bicyclic) bond motifs is 1. The molecule has 7 heterocycles. The van der Waals surface area contributed by atoms with E-state index < -0.39 is 17.0 Å². The van der Waals surface area contributed by atoms with Crippen LogP contribution >= 0.6 is 65.9 Å². The number of anilines is 3. The molecule has 3 aliphatic rings. The van der Waals surface area contributed by atoms with Crippen molar-refractivity contribution in [1.82, 2.24) is 24.5 Å². The van der Waals surface area contributed by atoms with Crippen molar-refractivity contribution >= 4 is 91.5 Å². The first-order chi connectivity index (χ1) is 30.3. The second-order valence-corrected chi connectivity index (χ2v) is 23.9. The Bertz CT molecular complexity index is 2500. The van der Waals surface area contributed by atoms with Gasteiger partial charge in [0.1, 0.15) is 4.60 Å². The maximum Gasteiger partial charge on any atom is 0.187 e. The fourth-order valence-electron chi connectivity index (χ4n) is 8.18. The van der Waals surface area contributed by atoms with Crippen molar-refractivity contribution < 1.29 is 13.5 Å². The van der Waals surface area contributed by atoms with Gasteiger partial charge in [0, 0.05) is 66.6 Å². The number of halogens is 4. The molecule has 0 unspecified atom stereocenters. The van der Waals surface area contributed by atoms with Crippen LogP contribution in [0.2, 0.25) is 0 Å². The van der Waals surface area contributed by atoms with Crippen LogP contribution in [-0.4, -0.2) is 77.0 Å². The summed E-state index contributed by atoms with van der Waals surface area (Å²) >= 11 is 12.4. The number of hydrogen-bond acceptors (Lipinski definition) is 11. The van der Waals surface area contributed by atoms with Crippen molar-refractivity contribution in [3.63, 3.8) is 0 Å². The summed E-state index contributed by atoms with van der Waals surface area (Å²) in [6, 6.07) is 9.36. The third-order valence-corrected chi connectivity index (χ3v) is 15.7. The molecular weight excluding hydrogens is 1010 g/mol. The van der Waals surface area contributed by atoms with E-state index in [1.54, 1.807) is 40.1 Å². The maximum absolute atomic E-state index is 14.4. The topological polar surface area (TPSA) is 75.4 Å². The predicted octanol–water partition coefficient (Wildman–Crippen LogP) is 14.6. The lowest BCUT2D eigenvalue weighted by molar-refractivity contribution is 0.122. The number of aromatic nitrogens is 5. The lowest BCUT2D eigenvalue weighted by Gasteiger charge is -2.26. The summed E-state index contributed by atoms with van der Waals surface area (Å²) in [4.78, 5) is 26.1. The summed E-state index contributed by atoms with van der Waals surface area (Å²) in [5.41, 5.74) is 4.99. The molecule has 65 heavy (non-hydrogen) atoms. The summed E-state index contributed by atoms with van der Waals surface area (Å²) in [6.45, 7) is 26.7. The molecule has 0 saturated carbocycles. The molecule has 3 aliphatic heterocycles. The summed E-state index contributed by atoms with van der Waals surface area (Å²) in [6.07, 6.45) is 7.51. The molecule has 3 saturated heterocycles. The first-order valence-corrected chi connectivity index (χ1v) is 26.5. The van der Waals surface area contributed by atoms with E-state index in [0.717, 1.165) is 94.4 Å². The summed E-state index contributed by atoms with van der Waals surface area (Å²) in [5, 5.41) is 7.28. The average Bonchev–Trinajstić information content (AvgIpc) is 4.09. The van der Waals surface area contributed by atoms with E-state index in [-0.39, 0.29) is 18.3 Å². The lowest BCUT2D eigenvalue weighted by Crippen LogP contribution is -2.36. The Labute approximate surface area is 414 Å². The monoisotopic (exact) mass is 1070 g/mol. The first kappa shape index (κ1) is 51.4. The number of piperidine rings is 2. The maximum atomic E-state index is 14.4. The van der Waals surface area contributed by atoms with Crippen molar-refractivity contribution in [3.05, 3.63) is 78.9 Å². The van der Waals surface area contributed by atoms with Gasteiger partial charge in [0.05, 0.1) is 34.8 Å². The molecule has 0 aliphatic carbocycles. The van der Waals surface area contributed by atoms with Gasteiger partial charge in [0.25, 0.3) is 0 Å². The fraction of sp³-hybridized carbons (Fsp3) is 0.551. The predicted molar refractivity (Wildman–Crippen MR) is 280 cm³/mol. The van der Waals surface area contributed by atoms with Gasteiger partial charge in [-0.1, -0.05) is 93.2 Å². The third-order valence-electron chi connectivity index (χ3n) is 11.6. The molecule has 0 N–H and O–H groups in total. The van der Waals surface area contributed by atoms with Crippen molar-refractivity contribution in [3.8, 4) is 17.1 Å². The van der Waals surface area contributed by atoms with Gasteiger partial charge in [0.2, 0.25) is 0 Å². The van der Waals surface area contributed by atoms with E-state index >= 15 is 0 Å². The molecule has 0 amide bonds.